The van der Waals surface area contributed by atoms with Crippen molar-refractivity contribution >= 4 is 17.5 Å². The molecule has 3 N–H and O–H groups in total. The first-order valence-electron chi connectivity index (χ1n) is 8.36. The fourth-order valence-corrected chi connectivity index (χ4v) is 2.75. The highest BCUT2D eigenvalue weighted by Gasteiger charge is 2.25. The number of carbonyl (C=O) groups excluding carboxylic acids is 2. The highest BCUT2D eigenvalue weighted by molar-refractivity contribution is 6.01. The first kappa shape index (κ1) is 17.6. The Morgan fingerprint density at radius 2 is 1.96 bits per heavy atom. The number of methoxy groups -OCH3 is 1. The lowest BCUT2D eigenvalue weighted by molar-refractivity contribution is -0.123. The van der Waals surface area contributed by atoms with Crippen LogP contribution in [0.25, 0.3) is 0 Å². The van der Waals surface area contributed by atoms with Gasteiger partial charge < -0.3 is 25.4 Å². The van der Waals surface area contributed by atoms with E-state index >= 15 is 0 Å². The molecule has 0 aliphatic carbocycles. The summed E-state index contributed by atoms with van der Waals surface area (Å²) >= 11 is 0. The molecule has 2 amide bonds. The summed E-state index contributed by atoms with van der Waals surface area (Å²) in [5, 5.41) is 8.87. The van der Waals surface area contributed by atoms with Crippen LogP contribution < -0.4 is 25.4 Å². The normalized spacial score (nSPS) is 15.3. The van der Waals surface area contributed by atoms with Crippen molar-refractivity contribution in [2.24, 2.45) is 0 Å². The number of hydrogen-bond donors (Lipinski definition) is 3. The molecule has 1 atom stereocenters. The molecule has 0 bridgehead atoms. The molecule has 0 aromatic heterocycles. The van der Waals surface area contributed by atoms with Gasteiger partial charge in [0.1, 0.15) is 6.17 Å². The monoisotopic (exact) mass is 355 g/mol. The van der Waals surface area contributed by atoms with Gasteiger partial charge >= 0.3 is 0 Å². The summed E-state index contributed by atoms with van der Waals surface area (Å²) < 4.78 is 10.9. The number of nitrogens with one attached hydrogen (secondary N) is 3. The van der Waals surface area contributed by atoms with Crippen LogP contribution in [-0.2, 0) is 4.79 Å². The number of likely N-dealkylation sites (N-methyl/N-ethyl adjacent to an activating group) is 1. The zero-order valence-corrected chi connectivity index (χ0v) is 14.7. The summed E-state index contributed by atoms with van der Waals surface area (Å²) in [6.07, 6.45) is -0.385. The molecule has 0 saturated carbocycles. The molecule has 136 valence electrons. The molecule has 3 rings (SSSR count). The first-order valence-corrected chi connectivity index (χ1v) is 8.36. The fraction of sp³-hybridized carbons (Fsp3) is 0.263. The van der Waals surface area contributed by atoms with E-state index in [1.165, 1.54) is 7.11 Å². The van der Waals surface area contributed by atoms with E-state index in [-0.39, 0.29) is 24.6 Å². The third kappa shape index (κ3) is 3.72. The number of carbonyl (C=O) groups is 2. The minimum Gasteiger partial charge on any atom is -0.493 e. The van der Waals surface area contributed by atoms with Crippen LogP contribution in [0, 0.1) is 0 Å². The van der Waals surface area contributed by atoms with Gasteiger partial charge in [-0.05, 0) is 36.8 Å². The van der Waals surface area contributed by atoms with Crippen LogP contribution in [0.3, 0.4) is 0 Å². The number of amides is 2. The van der Waals surface area contributed by atoms with Crippen molar-refractivity contribution in [2.45, 2.75) is 13.1 Å². The summed E-state index contributed by atoms with van der Waals surface area (Å²) in [5.41, 5.74) is 2.20. The summed E-state index contributed by atoms with van der Waals surface area (Å²) in [5.74, 6) is 0.614. The Morgan fingerprint density at radius 1 is 1.15 bits per heavy atom. The largest absolute Gasteiger partial charge is 0.493 e. The zero-order chi connectivity index (χ0) is 18.5. The number of ether oxygens (including phenoxy) is 2. The second-order valence-corrected chi connectivity index (χ2v) is 5.75. The second-order valence-electron chi connectivity index (χ2n) is 5.75. The third-order valence-corrected chi connectivity index (χ3v) is 4.00. The molecular formula is C19H21N3O4. The van der Waals surface area contributed by atoms with E-state index in [2.05, 4.69) is 16.0 Å². The number of benzene rings is 2. The van der Waals surface area contributed by atoms with Gasteiger partial charge in [-0.3, -0.25) is 9.59 Å². The molecule has 1 unspecified atom stereocenters. The van der Waals surface area contributed by atoms with Crippen molar-refractivity contribution in [2.75, 3.05) is 25.6 Å². The molecule has 0 saturated heterocycles. The predicted molar refractivity (Wildman–Crippen MR) is 97.4 cm³/mol. The number of para-hydroxylation sites is 1. The Labute approximate surface area is 151 Å². The second kappa shape index (κ2) is 7.77. The number of anilines is 1. The average Bonchev–Trinajstić information content (AvgIpc) is 2.66. The zero-order valence-electron chi connectivity index (χ0n) is 14.7. The van der Waals surface area contributed by atoms with Crippen molar-refractivity contribution in [3.8, 4) is 11.5 Å². The van der Waals surface area contributed by atoms with Gasteiger partial charge in [0.2, 0.25) is 0 Å². The molecule has 2 aromatic rings. The number of hydrogen-bond acceptors (Lipinski definition) is 5. The average molecular weight is 355 g/mol. The van der Waals surface area contributed by atoms with Gasteiger partial charge in [-0.2, -0.15) is 0 Å². The van der Waals surface area contributed by atoms with Crippen molar-refractivity contribution < 1.29 is 19.1 Å². The summed E-state index contributed by atoms with van der Waals surface area (Å²) in [6, 6.07) is 12.7. The van der Waals surface area contributed by atoms with Crippen molar-refractivity contribution in [3.05, 3.63) is 53.6 Å². The Balaban J connectivity index is 1.77. The Kier molecular flexibility index (Phi) is 5.26. The molecule has 7 heteroatoms. The maximum Gasteiger partial charge on any atom is 0.257 e. The van der Waals surface area contributed by atoms with Gasteiger partial charge in [0.15, 0.2) is 18.1 Å². The van der Waals surface area contributed by atoms with E-state index in [1.54, 1.807) is 18.2 Å². The van der Waals surface area contributed by atoms with Gasteiger partial charge in [0, 0.05) is 12.2 Å². The van der Waals surface area contributed by atoms with Crippen LogP contribution in [0.1, 0.15) is 29.0 Å². The van der Waals surface area contributed by atoms with Crippen molar-refractivity contribution in [1.82, 2.24) is 10.6 Å². The summed E-state index contributed by atoms with van der Waals surface area (Å²) in [4.78, 5) is 23.8. The van der Waals surface area contributed by atoms with E-state index < -0.39 is 0 Å². The Hall–Kier alpha value is -3.22. The molecule has 0 radical (unpaired) electrons. The lowest BCUT2D eigenvalue weighted by Gasteiger charge is -2.28. The van der Waals surface area contributed by atoms with Gasteiger partial charge in [-0.25, -0.2) is 0 Å². The van der Waals surface area contributed by atoms with Crippen LogP contribution in [0.15, 0.2) is 42.5 Å². The fourth-order valence-electron chi connectivity index (χ4n) is 2.75. The topological polar surface area (TPSA) is 88.7 Å². The van der Waals surface area contributed by atoms with Crippen LogP contribution in [0.4, 0.5) is 5.69 Å². The van der Waals surface area contributed by atoms with Crippen LogP contribution in [-0.4, -0.2) is 32.1 Å². The van der Waals surface area contributed by atoms with E-state index in [0.29, 0.717) is 23.6 Å². The maximum absolute atomic E-state index is 12.3. The molecule has 1 aliphatic heterocycles. The molecule has 1 heterocycles. The molecule has 0 fully saturated rings. The van der Waals surface area contributed by atoms with E-state index in [4.69, 9.17) is 9.47 Å². The van der Waals surface area contributed by atoms with Crippen LogP contribution in [0.5, 0.6) is 11.5 Å². The maximum atomic E-state index is 12.3. The minimum absolute atomic E-state index is 0.0880. The molecule has 1 aliphatic rings. The van der Waals surface area contributed by atoms with E-state index in [9.17, 15) is 9.59 Å². The molecule has 7 nitrogen and oxygen atoms in total. The smallest absolute Gasteiger partial charge is 0.257 e. The highest BCUT2D eigenvalue weighted by Crippen LogP contribution is 2.32. The lowest BCUT2D eigenvalue weighted by atomic mass is 10.1. The van der Waals surface area contributed by atoms with E-state index in [0.717, 1.165) is 11.3 Å². The molecule has 2 aromatic carbocycles. The SMILES string of the molecule is CCNC(=O)COc1ccc(C2NC(=O)c3ccccc3N2)cc1OC. The quantitative estimate of drug-likeness (QED) is 0.738. The number of rotatable bonds is 6. The predicted octanol–water partition coefficient (Wildman–Crippen LogP) is 2.06. The molecule has 0 spiro atoms. The van der Waals surface area contributed by atoms with Crippen LogP contribution in [0.2, 0.25) is 0 Å². The lowest BCUT2D eigenvalue weighted by Crippen LogP contribution is -2.38. The molecule has 26 heavy (non-hydrogen) atoms. The molecular weight excluding hydrogens is 334 g/mol. The highest BCUT2D eigenvalue weighted by atomic mass is 16.5. The van der Waals surface area contributed by atoms with Crippen molar-refractivity contribution in [1.29, 1.82) is 0 Å². The van der Waals surface area contributed by atoms with Gasteiger partial charge in [-0.1, -0.05) is 18.2 Å². The summed E-state index contributed by atoms with van der Waals surface area (Å²) in [7, 11) is 1.53. The summed E-state index contributed by atoms with van der Waals surface area (Å²) in [6.45, 7) is 2.30. The van der Waals surface area contributed by atoms with Gasteiger partial charge in [0.25, 0.3) is 11.8 Å². The standard InChI is InChI=1S/C19H21N3O4/c1-3-20-17(23)11-26-15-9-8-12(10-16(15)25-2)18-21-14-7-5-4-6-13(14)19(24)22-18/h4-10,18,21H,3,11H2,1-2H3,(H,20,23)(H,22,24). The Bertz CT molecular complexity index is 822. The van der Waals surface area contributed by atoms with E-state index in [1.807, 2.05) is 31.2 Å². The third-order valence-electron chi connectivity index (χ3n) is 4.00. The van der Waals surface area contributed by atoms with Crippen LogP contribution >= 0.6 is 0 Å². The van der Waals surface area contributed by atoms with Gasteiger partial charge in [0.05, 0.1) is 12.7 Å². The first-order chi connectivity index (χ1) is 12.6. The minimum atomic E-state index is -0.385. The number of fused-ring (bicyclic) bond motifs is 1. The Morgan fingerprint density at radius 3 is 2.73 bits per heavy atom. The van der Waals surface area contributed by atoms with Crippen molar-refractivity contribution in [3.63, 3.8) is 0 Å². The van der Waals surface area contributed by atoms with Gasteiger partial charge in [-0.15, -0.1) is 0 Å².